The summed E-state index contributed by atoms with van der Waals surface area (Å²) in [6.07, 6.45) is 1.43. The second-order valence-corrected chi connectivity index (χ2v) is 7.42. The van der Waals surface area contributed by atoms with Gasteiger partial charge in [-0.15, -0.1) is 0 Å². The Morgan fingerprint density at radius 3 is 2.62 bits per heavy atom. The average Bonchev–Trinajstić information content (AvgIpc) is 2.92. The molecule has 0 radical (unpaired) electrons. The van der Waals surface area contributed by atoms with Crippen molar-refractivity contribution in [2.75, 3.05) is 24.5 Å². The van der Waals surface area contributed by atoms with Crippen LogP contribution in [-0.4, -0.2) is 46.3 Å². The van der Waals surface area contributed by atoms with E-state index in [1.165, 1.54) is 11.3 Å². The van der Waals surface area contributed by atoms with Gasteiger partial charge in [0.1, 0.15) is 0 Å². The lowest BCUT2D eigenvalue weighted by Gasteiger charge is -2.41. The SMILES string of the molecule is Cc1cc(C)n(CCCC(=O)N2CCN(c3ccccc3C)C[C@@H]2C)n1. The molecular formula is C21H30N4O. The Morgan fingerprint density at radius 2 is 1.96 bits per heavy atom. The summed E-state index contributed by atoms with van der Waals surface area (Å²) in [4.78, 5) is 17.1. The van der Waals surface area contributed by atoms with E-state index in [4.69, 9.17) is 0 Å². The van der Waals surface area contributed by atoms with Gasteiger partial charge in [0.15, 0.2) is 0 Å². The zero-order valence-corrected chi connectivity index (χ0v) is 16.4. The highest BCUT2D eigenvalue weighted by molar-refractivity contribution is 5.77. The molecule has 0 unspecified atom stereocenters. The van der Waals surface area contributed by atoms with Gasteiger partial charge in [-0.2, -0.15) is 5.10 Å². The van der Waals surface area contributed by atoms with Gasteiger partial charge in [-0.25, -0.2) is 0 Å². The number of hydrogen-bond donors (Lipinski definition) is 0. The third-order valence-electron chi connectivity index (χ3n) is 5.27. The van der Waals surface area contributed by atoms with Crippen LogP contribution in [0.3, 0.4) is 0 Å². The molecule has 2 aromatic rings. The monoisotopic (exact) mass is 354 g/mol. The number of rotatable bonds is 5. The summed E-state index contributed by atoms with van der Waals surface area (Å²) in [6, 6.07) is 10.8. The van der Waals surface area contributed by atoms with Gasteiger partial charge < -0.3 is 9.80 Å². The maximum atomic E-state index is 12.7. The molecule has 0 bridgehead atoms. The van der Waals surface area contributed by atoms with E-state index in [1.807, 2.05) is 11.6 Å². The van der Waals surface area contributed by atoms with Crippen molar-refractivity contribution in [3.8, 4) is 0 Å². The quantitative estimate of drug-likeness (QED) is 0.827. The van der Waals surface area contributed by atoms with E-state index in [9.17, 15) is 4.79 Å². The first-order valence-corrected chi connectivity index (χ1v) is 9.57. The number of piperazine rings is 1. The molecule has 5 heteroatoms. The maximum Gasteiger partial charge on any atom is 0.222 e. The Labute approximate surface area is 156 Å². The van der Waals surface area contributed by atoms with Gasteiger partial charge >= 0.3 is 0 Å². The highest BCUT2D eigenvalue weighted by Gasteiger charge is 2.27. The number of anilines is 1. The van der Waals surface area contributed by atoms with E-state index in [0.717, 1.165) is 44.0 Å². The number of amides is 1. The third-order valence-corrected chi connectivity index (χ3v) is 5.27. The lowest BCUT2D eigenvalue weighted by atomic mass is 10.1. The smallest absolute Gasteiger partial charge is 0.222 e. The number of benzene rings is 1. The number of carbonyl (C=O) groups excluding carboxylic acids is 1. The molecule has 1 aliphatic heterocycles. The van der Waals surface area contributed by atoms with Crippen molar-refractivity contribution in [3.63, 3.8) is 0 Å². The fraction of sp³-hybridized carbons (Fsp3) is 0.524. The van der Waals surface area contributed by atoms with Gasteiger partial charge in [0.2, 0.25) is 5.91 Å². The number of carbonyl (C=O) groups is 1. The first-order valence-electron chi connectivity index (χ1n) is 9.57. The zero-order chi connectivity index (χ0) is 18.7. The van der Waals surface area contributed by atoms with Crippen LogP contribution in [0.5, 0.6) is 0 Å². The predicted molar refractivity (Wildman–Crippen MR) is 106 cm³/mol. The molecule has 1 amide bonds. The Kier molecular flexibility index (Phi) is 5.64. The minimum atomic E-state index is 0.240. The van der Waals surface area contributed by atoms with E-state index >= 15 is 0 Å². The summed E-state index contributed by atoms with van der Waals surface area (Å²) in [5.74, 6) is 0.267. The van der Waals surface area contributed by atoms with Crippen molar-refractivity contribution in [2.45, 2.75) is 53.1 Å². The molecule has 5 nitrogen and oxygen atoms in total. The van der Waals surface area contributed by atoms with Crippen LogP contribution >= 0.6 is 0 Å². The molecule has 1 aromatic carbocycles. The summed E-state index contributed by atoms with van der Waals surface area (Å²) >= 11 is 0. The Hall–Kier alpha value is -2.30. The van der Waals surface area contributed by atoms with Crippen molar-refractivity contribution < 1.29 is 4.79 Å². The van der Waals surface area contributed by atoms with Gasteiger partial charge in [0, 0.05) is 50.0 Å². The first-order chi connectivity index (χ1) is 12.5. The van der Waals surface area contributed by atoms with E-state index in [2.05, 4.69) is 66.0 Å². The summed E-state index contributed by atoms with van der Waals surface area (Å²) < 4.78 is 2.00. The largest absolute Gasteiger partial charge is 0.367 e. The van der Waals surface area contributed by atoms with Crippen LogP contribution in [0, 0.1) is 20.8 Å². The number of aryl methyl sites for hydroxylation is 4. The number of hydrogen-bond acceptors (Lipinski definition) is 3. The van der Waals surface area contributed by atoms with Gasteiger partial charge in [-0.1, -0.05) is 18.2 Å². The van der Waals surface area contributed by atoms with Crippen LogP contribution in [0.2, 0.25) is 0 Å². The van der Waals surface area contributed by atoms with Gasteiger partial charge in [0.25, 0.3) is 0 Å². The minimum Gasteiger partial charge on any atom is -0.367 e. The van der Waals surface area contributed by atoms with Crippen LogP contribution in [0.4, 0.5) is 5.69 Å². The van der Waals surface area contributed by atoms with Crippen LogP contribution in [0.25, 0.3) is 0 Å². The molecule has 1 saturated heterocycles. The lowest BCUT2D eigenvalue weighted by molar-refractivity contribution is -0.133. The molecule has 140 valence electrons. The molecule has 0 aliphatic carbocycles. The van der Waals surface area contributed by atoms with E-state index < -0.39 is 0 Å². The average molecular weight is 354 g/mol. The summed E-state index contributed by atoms with van der Waals surface area (Å²) in [5.41, 5.74) is 4.78. The Bertz CT molecular complexity index is 767. The zero-order valence-electron chi connectivity index (χ0n) is 16.4. The molecule has 1 fully saturated rings. The highest BCUT2D eigenvalue weighted by Crippen LogP contribution is 2.23. The first kappa shape index (κ1) is 18.5. The van der Waals surface area contributed by atoms with Crippen LogP contribution in [0.15, 0.2) is 30.3 Å². The van der Waals surface area contributed by atoms with Gasteiger partial charge in [-0.3, -0.25) is 9.48 Å². The van der Waals surface area contributed by atoms with E-state index in [-0.39, 0.29) is 11.9 Å². The van der Waals surface area contributed by atoms with Gasteiger partial charge in [-0.05, 0) is 51.8 Å². The van der Waals surface area contributed by atoms with Crippen LogP contribution in [0.1, 0.15) is 36.7 Å². The Morgan fingerprint density at radius 1 is 1.19 bits per heavy atom. The molecule has 1 aliphatic rings. The van der Waals surface area contributed by atoms with Crippen molar-refractivity contribution in [3.05, 3.63) is 47.3 Å². The maximum absolute atomic E-state index is 12.7. The van der Waals surface area contributed by atoms with Crippen LogP contribution < -0.4 is 4.90 Å². The number of para-hydroxylation sites is 1. The van der Waals surface area contributed by atoms with Gasteiger partial charge in [0.05, 0.1) is 5.69 Å². The normalized spacial score (nSPS) is 17.6. The molecule has 2 heterocycles. The minimum absolute atomic E-state index is 0.240. The van der Waals surface area contributed by atoms with Crippen molar-refractivity contribution >= 4 is 11.6 Å². The second-order valence-electron chi connectivity index (χ2n) is 7.42. The molecule has 0 spiro atoms. The summed E-state index contributed by atoms with van der Waals surface area (Å²) in [7, 11) is 0. The lowest BCUT2D eigenvalue weighted by Crippen LogP contribution is -2.54. The fourth-order valence-electron chi connectivity index (χ4n) is 3.89. The summed E-state index contributed by atoms with van der Waals surface area (Å²) in [6.45, 7) is 11.8. The highest BCUT2D eigenvalue weighted by atomic mass is 16.2. The molecule has 0 N–H and O–H groups in total. The topological polar surface area (TPSA) is 41.4 Å². The third kappa shape index (κ3) is 4.09. The number of aromatic nitrogens is 2. The fourth-order valence-corrected chi connectivity index (χ4v) is 3.89. The van der Waals surface area contributed by atoms with E-state index in [1.54, 1.807) is 0 Å². The molecule has 26 heavy (non-hydrogen) atoms. The molecule has 1 atom stereocenters. The van der Waals surface area contributed by atoms with Crippen LogP contribution in [-0.2, 0) is 11.3 Å². The second kappa shape index (κ2) is 7.94. The molecule has 1 aromatic heterocycles. The van der Waals surface area contributed by atoms with Crippen molar-refractivity contribution in [1.82, 2.24) is 14.7 Å². The number of nitrogens with zero attached hydrogens (tertiary/aromatic N) is 4. The molecule has 3 rings (SSSR count). The molecule has 0 saturated carbocycles. The van der Waals surface area contributed by atoms with Crippen molar-refractivity contribution in [2.24, 2.45) is 0 Å². The Balaban J connectivity index is 1.51. The van der Waals surface area contributed by atoms with Crippen molar-refractivity contribution in [1.29, 1.82) is 0 Å². The standard InChI is InChI=1S/C21H30N4O/c1-16-8-5-6-9-20(16)23-12-13-24(19(4)15-23)21(26)10-7-11-25-18(3)14-17(2)22-25/h5-6,8-9,14,19H,7,10-13,15H2,1-4H3/t19-/m0/s1. The predicted octanol–water partition coefficient (Wildman–Crippen LogP) is 3.33. The molecular weight excluding hydrogens is 324 g/mol. The summed E-state index contributed by atoms with van der Waals surface area (Å²) in [5, 5.41) is 4.47. The van der Waals surface area contributed by atoms with E-state index in [0.29, 0.717) is 6.42 Å².